The average Bonchev–Trinajstić information content (AvgIpc) is 3.13. The molecule has 0 saturated heterocycles. The number of hydrogen-bond donors (Lipinski definition) is 2. The predicted octanol–water partition coefficient (Wildman–Crippen LogP) is 5.45. The van der Waals surface area contributed by atoms with Gasteiger partial charge in [0.05, 0.1) is 5.70 Å². The molecule has 0 aromatic heterocycles. The fourth-order valence-corrected chi connectivity index (χ4v) is 3.73. The van der Waals surface area contributed by atoms with Crippen LogP contribution in [-0.2, 0) is 10.4 Å². The molecule has 0 aliphatic carbocycles. The second kappa shape index (κ2) is 8.74. The number of aryl methyl sites for hydroxylation is 1. The number of thioether (sulfide) groups is 1. The number of carbonyl (C=O) groups is 1. The largest absolute Gasteiger partial charge is 0.428 e. The van der Waals surface area contributed by atoms with Crippen molar-refractivity contribution >= 4 is 51.7 Å². The number of aliphatic imine (C=N–C) groups is 1. The Balaban J connectivity index is 2.04. The van der Waals surface area contributed by atoms with E-state index in [1.54, 1.807) is 19.2 Å². The van der Waals surface area contributed by atoms with E-state index >= 15 is 0 Å². The van der Waals surface area contributed by atoms with Crippen LogP contribution in [0.15, 0.2) is 47.5 Å². The zero-order valence-electron chi connectivity index (χ0n) is 16.2. The molecule has 1 aliphatic rings. The molecule has 0 bridgehead atoms. The maximum Gasteiger partial charge on any atom is 0.428 e. The van der Waals surface area contributed by atoms with Crippen LogP contribution in [0.5, 0.6) is 0 Å². The third kappa shape index (κ3) is 4.69. The fourth-order valence-electron chi connectivity index (χ4n) is 3.03. The Labute approximate surface area is 190 Å². The minimum atomic E-state index is -4.81. The number of alkyl halides is 3. The molecule has 1 amide bonds. The Hall–Kier alpha value is -2.20. The van der Waals surface area contributed by atoms with E-state index in [9.17, 15) is 18.0 Å². The van der Waals surface area contributed by atoms with Gasteiger partial charge in [-0.15, -0.1) is 0 Å². The van der Waals surface area contributed by atoms with Gasteiger partial charge < -0.3 is 5.73 Å². The molecule has 3 rings (SSSR count). The Morgan fingerprint density at radius 3 is 2.39 bits per heavy atom. The van der Waals surface area contributed by atoms with Crippen LogP contribution in [0.2, 0.25) is 10.0 Å². The number of benzene rings is 2. The van der Waals surface area contributed by atoms with E-state index in [2.05, 4.69) is 10.5 Å². The second-order valence-corrected chi connectivity index (χ2v) is 8.34. The quantitative estimate of drug-likeness (QED) is 0.442. The lowest BCUT2D eigenvalue weighted by Gasteiger charge is -2.28. The lowest BCUT2D eigenvalue weighted by atomic mass is 9.91. The summed E-state index contributed by atoms with van der Waals surface area (Å²) >= 11 is 12.9. The SMILES string of the molecule is CSC(N)=NC(=O)c1ccc(C2=CC(c3cc(Cl)cc(Cl)c3)(C(F)(F)F)ON2)cc1C. The molecule has 2 aromatic carbocycles. The zero-order chi connectivity index (χ0) is 23.0. The monoisotopic (exact) mass is 489 g/mol. The van der Waals surface area contributed by atoms with Crippen molar-refractivity contribution in [3.63, 3.8) is 0 Å². The molecule has 0 fully saturated rings. The van der Waals surface area contributed by atoms with Gasteiger partial charge in [0, 0.05) is 21.2 Å². The topological polar surface area (TPSA) is 76.7 Å². The number of nitrogens with zero attached hydrogens (tertiary/aromatic N) is 1. The maximum atomic E-state index is 14.1. The molecule has 1 atom stereocenters. The molecule has 164 valence electrons. The van der Waals surface area contributed by atoms with Crippen LogP contribution in [0, 0.1) is 6.92 Å². The minimum absolute atomic E-state index is 0.0420. The first-order chi connectivity index (χ1) is 14.5. The highest BCUT2D eigenvalue weighted by Crippen LogP contribution is 2.48. The molecule has 1 unspecified atom stereocenters. The maximum absolute atomic E-state index is 14.1. The number of hydroxylamine groups is 1. The normalized spacial score (nSPS) is 19.2. The second-order valence-electron chi connectivity index (χ2n) is 6.64. The van der Waals surface area contributed by atoms with E-state index in [0.29, 0.717) is 11.1 Å². The van der Waals surface area contributed by atoms with E-state index < -0.39 is 17.7 Å². The third-order valence-corrected chi connectivity index (χ3v) is 5.52. The van der Waals surface area contributed by atoms with Gasteiger partial charge in [0.2, 0.25) is 5.60 Å². The fraction of sp³-hybridized carbons (Fsp3) is 0.200. The summed E-state index contributed by atoms with van der Waals surface area (Å²) < 4.78 is 42.3. The van der Waals surface area contributed by atoms with Crippen LogP contribution in [0.1, 0.15) is 27.0 Å². The Morgan fingerprint density at radius 2 is 1.84 bits per heavy atom. The number of nitrogens with one attached hydrogen (secondary N) is 1. The van der Waals surface area contributed by atoms with E-state index in [4.69, 9.17) is 33.8 Å². The average molecular weight is 490 g/mol. The van der Waals surface area contributed by atoms with Crippen LogP contribution in [0.4, 0.5) is 13.2 Å². The molecule has 11 heteroatoms. The van der Waals surface area contributed by atoms with Crippen LogP contribution in [0.3, 0.4) is 0 Å². The summed E-state index contributed by atoms with van der Waals surface area (Å²) in [5.41, 5.74) is 6.09. The van der Waals surface area contributed by atoms with Crippen molar-refractivity contribution in [2.24, 2.45) is 10.7 Å². The number of amidine groups is 1. The highest BCUT2D eigenvalue weighted by Gasteiger charge is 2.59. The van der Waals surface area contributed by atoms with Crippen LogP contribution in [0.25, 0.3) is 5.70 Å². The first kappa shape index (κ1) is 23.5. The van der Waals surface area contributed by atoms with Gasteiger partial charge in [-0.05, 0) is 60.7 Å². The van der Waals surface area contributed by atoms with Gasteiger partial charge >= 0.3 is 6.18 Å². The molecular formula is C20H16Cl2F3N3O2S. The number of nitrogens with two attached hydrogens (primary N) is 1. The van der Waals surface area contributed by atoms with Gasteiger partial charge in [0.15, 0.2) is 5.17 Å². The molecule has 2 aromatic rings. The van der Waals surface area contributed by atoms with Gasteiger partial charge in [-0.1, -0.05) is 41.0 Å². The highest BCUT2D eigenvalue weighted by atomic mass is 35.5. The predicted molar refractivity (Wildman–Crippen MR) is 117 cm³/mol. The molecule has 0 saturated carbocycles. The zero-order valence-corrected chi connectivity index (χ0v) is 18.5. The Morgan fingerprint density at radius 1 is 1.19 bits per heavy atom. The number of rotatable bonds is 3. The van der Waals surface area contributed by atoms with Crippen LogP contribution >= 0.6 is 35.0 Å². The van der Waals surface area contributed by atoms with E-state index in [-0.39, 0.29) is 32.0 Å². The lowest BCUT2D eigenvalue weighted by molar-refractivity contribution is -0.269. The molecule has 3 N–H and O–H groups in total. The van der Waals surface area contributed by atoms with Crippen molar-refractivity contribution in [2.75, 3.05) is 6.26 Å². The molecule has 0 radical (unpaired) electrons. The van der Waals surface area contributed by atoms with Crippen molar-refractivity contribution in [3.05, 3.63) is 74.8 Å². The Kier molecular flexibility index (Phi) is 6.61. The van der Waals surface area contributed by atoms with Gasteiger partial charge in [-0.3, -0.25) is 15.1 Å². The Bertz CT molecular complexity index is 1090. The van der Waals surface area contributed by atoms with Crippen molar-refractivity contribution < 1.29 is 22.8 Å². The molecule has 5 nitrogen and oxygen atoms in total. The van der Waals surface area contributed by atoms with E-state index in [1.807, 2.05) is 0 Å². The third-order valence-electron chi connectivity index (χ3n) is 4.57. The smallest absolute Gasteiger partial charge is 0.378 e. The van der Waals surface area contributed by atoms with Crippen LogP contribution < -0.4 is 11.2 Å². The summed E-state index contributed by atoms with van der Waals surface area (Å²) in [5.74, 6) is -0.543. The lowest BCUT2D eigenvalue weighted by Crippen LogP contribution is -2.42. The summed E-state index contributed by atoms with van der Waals surface area (Å²) in [6.45, 7) is 1.64. The highest BCUT2D eigenvalue weighted by molar-refractivity contribution is 8.13. The standard InChI is InChI=1S/C20H16Cl2F3N3O2S/c1-10-5-11(3-4-15(10)17(29)27-18(26)31-2)16-9-19(30-28-16,20(23,24)25)12-6-13(21)8-14(22)7-12/h3-9,28H,1-2H3,(H2,26,27,29). The van der Waals surface area contributed by atoms with Gasteiger partial charge in [0.25, 0.3) is 5.91 Å². The molecule has 0 spiro atoms. The number of amides is 1. The van der Waals surface area contributed by atoms with E-state index in [1.165, 1.54) is 18.2 Å². The van der Waals surface area contributed by atoms with Crippen molar-refractivity contribution in [2.45, 2.75) is 18.7 Å². The summed E-state index contributed by atoms with van der Waals surface area (Å²) in [6.07, 6.45) is -2.22. The van der Waals surface area contributed by atoms with Gasteiger partial charge in [0.1, 0.15) is 0 Å². The summed E-state index contributed by atoms with van der Waals surface area (Å²) in [5, 5.41) is 0.192. The van der Waals surface area contributed by atoms with Crippen molar-refractivity contribution in [1.29, 1.82) is 0 Å². The number of hydrogen-bond acceptors (Lipinski definition) is 4. The summed E-state index contributed by atoms with van der Waals surface area (Å²) in [6, 6.07) is 8.13. The summed E-state index contributed by atoms with van der Waals surface area (Å²) in [7, 11) is 0. The van der Waals surface area contributed by atoms with Gasteiger partial charge in [-0.2, -0.15) is 18.2 Å². The number of carbonyl (C=O) groups excluding carboxylic acids is 1. The summed E-state index contributed by atoms with van der Waals surface area (Å²) in [4.78, 5) is 21.1. The molecular weight excluding hydrogens is 474 g/mol. The molecule has 31 heavy (non-hydrogen) atoms. The van der Waals surface area contributed by atoms with Crippen LogP contribution in [-0.4, -0.2) is 23.5 Å². The minimum Gasteiger partial charge on any atom is -0.378 e. The molecule has 1 heterocycles. The first-order valence-corrected chi connectivity index (χ1v) is 10.7. The molecule has 1 aliphatic heterocycles. The van der Waals surface area contributed by atoms with Crippen molar-refractivity contribution in [1.82, 2.24) is 5.48 Å². The van der Waals surface area contributed by atoms with Gasteiger partial charge in [-0.25, -0.2) is 0 Å². The number of halogens is 5. The first-order valence-electron chi connectivity index (χ1n) is 8.70. The van der Waals surface area contributed by atoms with Crippen molar-refractivity contribution in [3.8, 4) is 0 Å². The van der Waals surface area contributed by atoms with E-state index in [0.717, 1.165) is 30.0 Å².